The van der Waals surface area contributed by atoms with E-state index in [-0.39, 0.29) is 11.5 Å². The van der Waals surface area contributed by atoms with E-state index in [0.29, 0.717) is 52.8 Å². The SMILES string of the molecule is COc1cc(/C=C/C(=O)OCC(=O)c2[nH]c(C)c(C(C)=O)c2C)cc2c1OCCO2. The summed E-state index contributed by atoms with van der Waals surface area (Å²) in [7, 11) is 1.52. The number of carbonyl (C=O) groups excluding carboxylic acids is 3. The molecule has 0 saturated carbocycles. The molecule has 0 unspecified atom stereocenters. The molecular formula is C22H23NO7. The third kappa shape index (κ3) is 4.37. The molecule has 30 heavy (non-hydrogen) atoms. The topological polar surface area (TPSA) is 104 Å². The van der Waals surface area contributed by atoms with Crippen molar-refractivity contribution in [1.29, 1.82) is 0 Å². The van der Waals surface area contributed by atoms with Crippen molar-refractivity contribution in [1.82, 2.24) is 4.98 Å². The van der Waals surface area contributed by atoms with Crippen molar-refractivity contribution >= 4 is 23.6 Å². The Hall–Kier alpha value is -3.55. The van der Waals surface area contributed by atoms with E-state index in [4.69, 9.17) is 18.9 Å². The summed E-state index contributed by atoms with van der Waals surface area (Å²) in [5.74, 6) is 0.332. The second-order valence-corrected chi connectivity index (χ2v) is 6.79. The fourth-order valence-corrected chi connectivity index (χ4v) is 3.37. The zero-order chi connectivity index (χ0) is 21.8. The molecule has 1 N–H and O–H groups in total. The summed E-state index contributed by atoms with van der Waals surface area (Å²) < 4.78 is 21.4. The van der Waals surface area contributed by atoms with Crippen LogP contribution in [0.2, 0.25) is 0 Å². The van der Waals surface area contributed by atoms with Crippen LogP contribution in [-0.4, -0.2) is 49.5 Å². The van der Waals surface area contributed by atoms with Crippen molar-refractivity contribution < 1.29 is 33.3 Å². The fraction of sp³-hybridized carbons (Fsp3) is 0.318. The molecule has 1 aromatic carbocycles. The number of hydrogen-bond acceptors (Lipinski definition) is 7. The highest BCUT2D eigenvalue weighted by atomic mass is 16.6. The molecule has 0 aliphatic carbocycles. The maximum absolute atomic E-state index is 12.4. The van der Waals surface area contributed by atoms with Gasteiger partial charge in [0.05, 0.1) is 12.8 Å². The highest BCUT2D eigenvalue weighted by molar-refractivity contribution is 6.04. The summed E-state index contributed by atoms with van der Waals surface area (Å²) >= 11 is 0. The molecule has 0 spiro atoms. The molecule has 8 heteroatoms. The number of hydrogen-bond donors (Lipinski definition) is 1. The van der Waals surface area contributed by atoms with E-state index in [0.717, 1.165) is 0 Å². The Morgan fingerprint density at radius 1 is 1.17 bits per heavy atom. The van der Waals surface area contributed by atoms with Gasteiger partial charge < -0.3 is 23.9 Å². The Kier molecular flexibility index (Phi) is 6.25. The van der Waals surface area contributed by atoms with E-state index in [1.165, 1.54) is 26.2 Å². The predicted molar refractivity (Wildman–Crippen MR) is 109 cm³/mol. The summed E-state index contributed by atoms with van der Waals surface area (Å²) in [4.78, 5) is 39.0. The largest absolute Gasteiger partial charge is 0.493 e. The van der Waals surface area contributed by atoms with E-state index < -0.39 is 18.4 Å². The van der Waals surface area contributed by atoms with E-state index >= 15 is 0 Å². The molecule has 8 nitrogen and oxygen atoms in total. The minimum atomic E-state index is -0.676. The van der Waals surface area contributed by atoms with Gasteiger partial charge in [-0.1, -0.05) is 0 Å². The number of aryl methyl sites for hydroxylation is 1. The minimum Gasteiger partial charge on any atom is -0.493 e. The molecule has 1 aromatic heterocycles. The average Bonchev–Trinajstić information content (AvgIpc) is 3.03. The second kappa shape index (κ2) is 8.86. The van der Waals surface area contributed by atoms with Crippen LogP contribution in [-0.2, 0) is 9.53 Å². The summed E-state index contributed by atoms with van der Waals surface area (Å²) in [6.07, 6.45) is 2.75. The lowest BCUT2D eigenvalue weighted by Gasteiger charge is -2.20. The normalized spacial score (nSPS) is 12.7. The number of rotatable bonds is 7. The molecule has 2 heterocycles. The number of H-pyrrole nitrogens is 1. The molecule has 0 amide bonds. The van der Waals surface area contributed by atoms with Gasteiger partial charge in [-0.05, 0) is 50.1 Å². The Labute approximate surface area is 173 Å². The van der Waals surface area contributed by atoms with Crippen LogP contribution in [0.15, 0.2) is 18.2 Å². The zero-order valence-corrected chi connectivity index (χ0v) is 17.3. The van der Waals surface area contributed by atoms with Crippen molar-refractivity contribution in [2.24, 2.45) is 0 Å². The number of ketones is 2. The summed E-state index contributed by atoms with van der Waals surface area (Å²) in [5.41, 5.74) is 2.58. The second-order valence-electron chi connectivity index (χ2n) is 6.79. The fourth-order valence-electron chi connectivity index (χ4n) is 3.37. The van der Waals surface area contributed by atoms with E-state index in [1.54, 1.807) is 26.0 Å². The molecular weight excluding hydrogens is 390 g/mol. The number of aromatic amines is 1. The number of aromatic nitrogens is 1. The van der Waals surface area contributed by atoms with Crippen LogP contribution in [0.25, 0.3) is 6.08 Å². The first-order valence-corrected chi connectivity index (χ1v) is 9.37. The summed E-state index contributed by atoms with van der Waals surface area (Å²) in [6, 6.07) is 3.43. The number of nitrogens with one attached hydrogen (secondary N) is 1. The molecule has 0 fully saturated rings. The van der Waals surface area contributed by atoms with E-state index in [2.05, 4.69) is 4.98 Å². The van der Waals surface area contributed by atoms with Gasteiger partial charge in [-0.2, -0.15) is 0 Å². The molecule has 0 radical (unpaired) electrons. The minimum absolute atomic E-state index is 0.130. The number of Topliss-reactive ketones (excluding diaryl/α,β-unsaturated/α-hetero) is 2. The van der Waals surface area contributed by atoms with Crippen LogP contribution in [0.1, 0.15) is 44.6 Å². The van der Waals surface area contributed by atoms with Crippen LogP contribution < -0.4 is 14.2 Å². The molecule has 1 aliphatic heterocycles. The maximum Gasteiger partial charge on any atom is 0.331 e. The lowest BCUT2D eigenvalue weighted by Crippen LogP contribution is -2.16. The summed E-state index contributed by atoms with van der Waals surface area (Å²) in [6.45, 7) is 5.27. The Morgan fingerprint density at radius 2 is 1.90 bits per heavy atom. The molecule has 2 aromatic rings. The Bertz CT molecular complexity index is 1020. The number of esters is 1. The number of fused-ring (bicyclic) bond motifs is 1. The predicted octanol–water partition coefficient (Wildman–Crippen LogP) is 3.05. The average molecular weight is 413 g/mol. The zero-order valence-electron chi connectivity index (χ0n) is 17.3. The highest BCUT2D eigenvalue weighted by Gasteiger charge is 2.21. The Balaban J connectivity index is 1.65. The van der Waals surface area contributed by atoms with Gasteiger partial charge in [-0.25, -0.2) is 4.79 Å². The van der Waals surface area contributed by atoms with Crippen molar-refractivity contribution in [3.05, 3.63) is 46.3 Å². The van der Waals surface area contributed by atoms with Gasteiger partial charge in [0.15, 0.2) is 23.9 Å². The first-order valence-electron chi connectivity index (χ1n) is 9.37. The van der Waals surface area contributed by atoms with Crippen molar-refractivity contribution in [2.75, 3.05) is 26.9 Å². The maximum atomic E-state index is 12.4. The van der Waals surface area contributed by atoms with Crippen molar-refractivity contribution in [2.45, 2.75) is 20.8 Å². The van der Waals surface area contributed by atoms with Gasteiger partial charge in [0.25, 0.3) is 0 Å². The van der Waals surface area contributed by atoms with E-state index in [9.17, 15) is 14.4 Å². The first-order chi connectivity index (χ1) is 14.3. The quantitative estimate of drug-likeness (QED) is 0.423. The van der Waals surface area contributed by atoms with Gasteiger partial charge in [0, 0.05) is 17.3 Å². The van der Waals surface area contributed by atoms with Gasteiger partial charge >= 0.3 is 5.97 Å². The Morgan fingerprint density at radius 3 is 2.57 bits per heavy atom. The van der Waals surface area contributed by atoms with E-state index in [1.807, 2.05) is 0 Å². The van der Waals surface area contributed by atoms with Crippen LogP contribution >= 0.6 is 0 Å². The lowest BCUT2D eigenvalue weighted by molar-refractivity contribution is -0.136. The number of methoxy groups -OCH3 is 1. The molecule has 0 atom stereocenters. The monoisotopic (exact) mass is 413 g/mol. The van der Waals surface area contributed by atoms with Crippen LogP contribution in [0.3, 0.4) is 0 Å². The molecule has 158 valence electrons. The standard InChI is InChI=1S/C22H23NO7/c1-12-20(14(3)24)13(2)23-21(12)16(25)11-30-19(26)6-5-15-9-17(27-4)22-18(10-15)28-7-8-29-22/h5-6,9-10,23H,7-8,11H2,1-4H3/b6-5+. The van der Waals surface area contributed by atoms with Gasteiger partial charge in [-0.3, -0.25) is 9.59 Å². The number of benzene rings is 1. The van der Waals surface area contributed by atoms with Gasteiger partial charge in [0.2, 0.25) is 11.5 Å². The van der Waals surface area contributed by atoms with Crippen LogP contribution in [0.5, 0.6) is 17.2 Å². The van der Waals surface area contributed by atoms with Gasteiger partial charge in [0.1, 0.15) is 13.2 Å². The third-order valence-electron chi connectivity index (χ3n) is 4.68. The lowest BCUT2D eigenvalue weighted by atomic mass is 10.1. The molecule has 1 aliphatic rings. The summed E-state index contributed by atoms with van der Waals surface area (Å²) in [5, 5.41) is 0. The number of ether oxygens (including phenoxy) is 4. The van der Waals surface area contributed by atoms with Crippen molar-refractivity contribution in [3.63, 3.8) is 0 Å². The van der Waals surface area contributed by atoms with Gasteiger partial charge in [-0.15, -0.1) is 0 Å². The first kappa shape index (κ1) is 21.2. The molecule has 0 bridgehead atoms. The van der Waals surface area contributed by atoms with Crippen LogP contribution in [0, 0.1) is 13.8 Å². The molecule has 0 saturated heterocycles. The highest BCUT2D eigenvalue weighted by Crippen LogP contribution is 2.40. The molecule has 3 rings (SSSR count). The smallest absolute Gasteiger partial charge is 0.331 e. The van der Waals surface area contributed by atoms with Crippen LogP contribution in [0.4, 0.5) is 0 Å². The number of carbonyl (C=O) groups is 3. The third-order valence-corrected chi connectivity index (χ3v) is 4.68. The van der Waals surface area contributed by atoms with Crippen molar-refractivity contribution in [3.8, 4) is 17.2 Å².